The van der Waals surface area contributed by atoms with E-state index in [9.17, 15) is 13.2 Å². The molecule has 0 fully saturated rings. The summed E-state index contributed by atoms with van der Waals surface area (Å²) in [5.41, 5.74) is -0.748. The highest BCUT2D eigenvalue weighted by Gasteiger charge is 2.32. The van der Waals surface area contributed by atoms with Gasteiger partial charge >= 0.3 is 6.18 Å². The van der Waals surface area contributed by atoms with E-state index in [2.05, 4.69) is 9.97 Å². The van der Waals surface area contributed by atoms with Crippen molar-refractivity contribution in [2.45, 2.75) is 6.18 Å². The van der Waals surface area contributed by atoms with Crippen molar-refractivity contribution in [2.75, 3.05) is 0 Å². The van der Waals surface area contributed by atoms with Crippen LogP contribution >= 0.6 is 11.6 Å². The van der Waals surface area contributed by atoms with Gasteiger partial charge in [0.25, 0.3) is 0 Å². The standard InChI is InChI=1S/C9H4ClF3N2/c10-8-5-1-2-7(9(11,12)13)15-6(5)3-4-14-8/h1-4H. The van der Waals surface area contributed by atoms with Crippen molar-refractivity contribution in [3.05, 3.63) is 35.2 Å². The lowest BCUT2D eigenvalue weighted by Crippen LogP contribution is -2.07. The summed E-state index contributed by atoms with van der Waals surface area (Å²) in [6, 6.07) is 3.53. The molecule has 0 aromatic carbocycles. The van der Waals surface area contributed by atoms with Gasteiger partial charge in [-0.1, -0.05) is 11.6 Å². The van der Waals surface area contributed by atoms with Crippen molar-refractivity contribution in [3.63, 3.8) is 0 Å². The van der Waals surface area contributed by atoms with Crippen molar-refractivity contribution >= 4 is 22.5 Å². The number of nitrogens with zero attached hydrogens (tertiary/aromatic N) is 2. The minimum atomic E-state index is -4.44. The fourth-order valence-corrected chi connectivity index (χ4v) is 1.39. The second kappa shape index (κ2) is 3.34. The molecule has 78 valence electrons. The maximum Gasteiger partial charge on any atom is 0.433 e. The number of hydrogen-bond acceptors (Lipinski definition) is 2. The minimum Gasteiger partial charge on any atom is -0.244 e. The van der Waals surface area contributed by atoms with Gasteiger partial charge < -0.3 is 0 Å². The summed E-state index contributed by atoms with van der Waals surface area (Å²) in [5, 5.41) is 0.556. The average Bonchev–Trinajstić information content (AvgIpc) is 2.16. The van der Waals surface area contributed by atoms with Gasteiger partial charge in [-0.15, -0.1) is 0 Å². The highest BCUT2D eigenvalue weighted by molar-refractivity contribution is 6.34. The Morgan fingerprint density at radius 2 is 1.87 bits per heavy atom. The van der Waals surface area contributed by atoms with E-state index in [0.717, 1.165) is 6.07 Å². The molecule has 0 aliphatic rings. The molecule has 0 amide bonds. The lowest BCUT2D eigenvalue weighted by molar-refractivity contribution is -0.140. The average molecular weight is 233 g/mol. The maximum absolute atomic E-state index is 12.3. The first-order valence-corrected chi connectivity index (χ1v) is 4.35. The highest BCUT2D eigenvalue weighted by atomic mass is 35.5. The van der Waals surface area contributed by atoms with Gasteiger partial charge in [0.05, 0.1) is 5.52 Å². The molecule has 0 atom stereocenters. The number of fused-ring (bicyclic) bond motifs is 1. The van der Waals surface area contributed by atoms with Crippen LogP contribution in [-0.2, 0) is 6.18 Å². The second-order valence-corrected chi connectivity index (χ2v) is 3.22. The van der Waals surface area contributed by atoms with E-state index in [4.69, 9.17) is 11.6 Å². The van der Waals surface area contributed by atoms with Crippen molar-refractivity contribution in [2.24, 2.45) is 0 Å². The van der Waals surface area contributed by atoms with E-state index in [1.165, 1.54) is 18.3 Å². The van der Waals surface area contributed by atoms with E-state index < -0.39 is 11.9 Å². The first-order valence-electron chi connectivity index (χ1n) is 3.97. The molecule has 0 radical (unpaired) electrons. The number of aromatic nitrogens is 2. The first-order chi connectivity index (χ1) is 6.98. The molecule has 2 heterocycles. The minimum absolute atomic E-state index is 0.147. The largest absolute Gasteiger partial charge is 0.433 e. The molecule has 0 unspecified atom stereocenters. The van der Waals surface area contributed by atoms with Crippen LogP contribution < -0.4 is 0 Å². The SMILES string of the molecule is FC(F)(F)c1ccc2c(Cl)nccc2n1. The predicted octanol–water partition coefficient (Wildman–Crippen LogP) is 3.30. The number of halogens is 4. The van der Waals surface area contributed by atoms with Crippen molar-refractivity contribution in [1.82, 2.24) is 9.97 Å². The summed E-state index contributed by atoms with van der Waals surface area (Å²) in [6.07, 6.45) is -3.12. The normalized spacial score (nSPS) is 12.0. The Bertz CT molecular complexity index is 510. The molecule has 0 aliphatic heterocycles. The van der Waals surface area contributed by atoms with Crippen LogP contribution in [0.1, 0.15) is 5.69 Å². The molecule has 0 aliphatic carbocycles. The molecule has 2 aromatic heterocycles. The molecule has 0 saturated heterocycles. The Morgan fingerprint density at radius 3 is 2.53 bits per heavy atom. The van der Waals surface area contributed by atoms with Crippen molar-refractivity contribution in [1.29, 1.82) is 0 Å². The molecule has 0 saturated carbocycles. The molecular formula is C9H4ClF3N2. The van der Waals surface area contributed by atoms with E-state index in [-0.39, 0.29) is 10.7 Å². The molecule has 2 rings (SSSR count). The molecule has 0 spiro atoms. The van der Waals surface area contributed by atoms with Crippen molar-refractivity contribution in [3.8, 4) is 0 Å². The Labute approximate surface area is 87.7 Å². The topological polar surface area (TPSA) is 25.8 Å². The lowest BCUT2D eigenvalue weighted by atomic mass is 10.2. The quantitative estimate of drug-likeness (QED) is 0.652. The summed E-state index contributed by atoms with van der Waals surface area (Å²) in [6.45, 7) is 0. The Morgan fingerprint density at radius 1 is 1.13 bits per heavy atom. The molecule has 6 heteroatoms. The number of pyridine rings is 2. The maximum atomic E-state index is 12.3. The fraction of sp³-hybridized carbons (Fsp3) is 0.111. The Hall–Kier alpha value is -1.36. The van der Waals surface area contributed by atoms with Crippen molar-refractivity contribution < 1.29 is 13.2 Å². The molecule has 2 aromatic rings. The fourth-order valence-electron chi connectivity index (χ4n) is 1.18. The molecule has 15 heavy (non-hydrogen) atoms. The monoisotopic (exact) mass is 232 g/mol. The summed E-state index contributed by atoms with van der Waals surface area (Å²) >= 11 is 5.69. The second-order valence-electron chi connectivity index (χ2n) is 2.86. The van der Waals surface area contributed by atoms with Crippen LogP contribution in [0.3, 0.4) is 0 Å². The predicted molar refractivity (Wildman–Crippen MR) is 49.6 cm³/mol. The highest BCUT2D eigenvalue weighted by Crippen LogP contribution is 2.29. The summed E-state index contributed by atoms with van der Waals surface area (Å²) in [5.74, 6) is 0. The van der Waals surface area contributed by atoms with Crippen LogP contribution in [-0.4, -0.2) is 9.97 Å². The Kier molecular flexibility index (Phi) is 2.26. The first kappa shape index (κ1) is 10.2. The zero-order valence-corrected chi connectivity index (χ0v) is 7.97. The zero-order chi connectivity index (χ0) is 11.1. The third kappa shape index (κ3) is 1.87. The van der Waals surface area contributed by atoms with Gasteiger partial charge in [-0.05, 0) is 18.2 Å². The van der Waals surface area contributed by atoms with Crippen LogP contribution in [0.15, 0.2) is 24.4 Å². The van der Waals surface area contributed by atoms with Gasteiger partial charge in [-0.2, -0.15) is 13.2 Å². The molecule has 2 nitrogen and oxygen atoms in total. The molecular weight excluding hydrogens is 229 g/mol. The van der Waals surface area contributed by atoms with Gasteiger partial charge in [-0.3, -0.25) is 0 Å². The lowest BCUT2D eigenvalue weighted by Gasteiger charge is -2.06. The van der Waals surface area contributed by atoms with Crippen LogP contribution in [0.5, 0.6) is 0 Å². The number of rotatable bonds is 0. The van der Waals surface area contributed by atoms with Gasteiger partial charge in [-0.25, -0.2) is 9.97 Å². The molecule has 0 N–H and O–H groups in total. The van der Waals surface area contributed by atoms with Crippen LogP contribution in [0, 0.1) is 0 Å². The molecule has 0 bridgehead atoms. The number of alkyl halides is 3. The van der Waals surface area contributed by atoms with Crippen LogP contribution in [0.25, 0.3) is 10.9 Å². The summed E-state index contributed by atoms with van der Waals surface area (Å²) in [4.78, 5) is 7.20. The van der Waals surface area contributed by atoms with E-state index >= 15 is 0 Å². The van der Waals surface area contributed by atoms with Gasteiger partial charge in [0.15, 0.2) is 0 Å². The third-order valence-electron chi connectivity index (χ3n) is 1.86. The van der Waals surface area contributed by atoms with Gasteiger partial charge in [0, 0.05) is 11.6 Å². The zero-order valence-electron chi connectivity index (χ0n) is 7.22. The Balaban J connectivity index is 2.68. The summed E-state index contributed by atoms with van der Waals surface area (Å²) < 4.78 is 36.9. The smallest absolute Gasteiger partial charge is 0.244 e. The third-order valence-corrected chi connectivity index (χ3v) is 2.16. The van der Waals surface area contributed by atoms with Crippen LogP contribution in [0.4, 0.5) is 13.2 Å². The van der Waals surface area contributed by atoms with E-state index in [0.29, 0.717) is 5.39 Å². The van der Waals surface area contributed by atoms with E-state index in [1.54, 1.807) is 0 Å². The van der Waals surface area contributed by atoms with Crippen LogP contribution in [0.2, 0.25) is 5.15 Å². The number of hydrogen-bond donors (Lipinski definition) is 0. The van der Waals surface area contributed by atoms with Gasteiger partial charge in [0.2, 0.25) is 0 Å². The van der Waals surface area contributed by atoms with Gasteiger partial charge in [0.1, 0.15) is 10.8 Å². The summed E-state index contributed by atoms with van der Waals surface area (Å²) in [7, 11) is 0. The van der Waals surface area contributed by atoms with E-state index in [1.807, 2.05) is 0 Å².